The van der Waals surface area contributed by atoms with Crippen LogP contribution < -0.4 is 9.47 Å². The molecule has 0 saturated carbocycles. The Labute approximate surface area is 151 Å². The summed E-state index contributed by atoms with van der Waals surface area (Å²) in [5.41, 5.74) is 3.37. The first kappa shape index (κ1) is 18.1. The maximum atomic E-state index is 11.0. The highest BCUT2D eigenvalue weighted by Gasteiger charge is 2.08. The van der Waals surface area contributed by atoms with Crippen LogP contribution in [0, 0.1) is 13.8 Å². The summed E-state index contributed by atoms with van der Waals surface area (Å²) in [5.74, 6) is 1.15. The van der Waals surface area contributed by atoms with Crippen molar-refractivity contribution in [1.82, 2.24) is 9.97 Å². The average molecular weight is 374 g/mol. The lowest BCUT2D eigenvalue weighted by molar-refractivity contribution is 0.217. The minimum atomic E-state index is -4.20. The normalized spacial score (nSPS) is 11.5. The van der Waals surface area contributed by atoms with E-state index >= 15 is 0 Å². The molecule has 0 amide bonds. The fourth-order valence-corrected chi connectivity index (χ4v) is 2.81. The lowest BCUT2D eigenvalue weighted by Gasteiger charge is -2.09. The van der Waals surface area contributed by atoms with Gasteiger partial charge in [0.2, 0.25) is 0 Å². The number of nitrogens with zero attached hydrogens (tertiary/aromatic N) is 2. The van der Waals surface area contributed by atoms with Crippen molar-refractivity contribution in [2.75, 3.05) is 13.2 Å². The first-order valence-electron chi connectivity index (χ1n) is 7.91. The van der Waals surface area contributed by atoms with Crippen LogP contribution in [0.25, 0.3) is 11.0 Å². The number of hydrogen-bond donors (Lipinski definition) is 1. The van der Waals surface area contributed by atoms with Crippen molar-refractivity contribution in [2.45, 2.75) is 18.7 Å². The van der Waals surface area contributed by atoms with Crippen LogP contribution in [-0.4, -0.2) is 36.2 Å². The van der Waals surface area contributed by atoms with Gasteiger partial charge in [0.1, 0.15) is 24.7 Å². The molecule has 0 radical (unpaired) electrons. The van der Waals surface area contributed by atoms with Crippen LogP contribution in [0.5, 0.6) is 11.5 Å². The van der Waals surface area contributed by atoms with Crippen molar-refractivity contribution >= 4 is 21.2 Å². The Morgan fingerprint density at radius 1 is 0.846 bits per heavy atom. The molecule has 0 aliphatic rings. The molecular weight excluding hydrogens is 356 g/mol. The minimum absolute atomic E-state index is 0.177. The molecular formula is C18H18N2O5S. The molecule has 2 aromatic carbocycles. The molecule has 8 heteroatoms. The molecule has 0 aliphatic heterocycles. The summed E-state index contributed by atoms with van der Waals surface area (Å²) in [6, 6.07) is 11.0. The van der Waals surface area contributed by atoms with Gasteiger partial charge in [-0.3, -0.25) is 4.55 Å². The first-order chi connectivity index (χ1) is 12.3. The third kappa shape index (κ3) is 4.27. The smallest absolute Gasteiger partial charge is 0.294 e. The van der Waals surface area contributed by atoms with Crippen molar-refractivity contribution in [3.05, 3.63) is 53.9 Å². The fraction of sp³-hybridized carbons (Fsp3) is 0.222. The minimum Gasteiger partial charge on any atom is -0.490 e. The number of rotatable bonds is 6. The van der Waals surface area contributed by atoms with Gasteiger partial charge in [-0.15, -0.1) is 0 Å². The van der Waals surface area contributed by atoms with Gasteiger partial charge in [0.05, 0.1) is 27.3 Å². The molecule has 7 nitrogen and oxygen atoms in total. The maximum Gasteiger partial charge on any atom is 0.294 e. The maximum absolute atomic E-state index is 11.0. The zero-order valence-electron chi connectivity index (χ0n) is 14.3. The molecule has 1 aromatic heterocycles. The van der Waals surface area contributed by atoms with E-state index in [1.54, 1.807) is 0 Å². The Kier molecular flexibility index (Phi) is 5.06. The monoisotopic (exact) mass is 374 g/mol. The highest BCUT2D eigenvalue weighted by molar-refractivity contribution is 7.85. The second kappa shape index (κ2) is 7.27. The molecule has 1 N–H and O–H groups in total. The van der Waals surface area contributed by atoms with Crippen LogP contribution in [0.15, 0.2) is 47.4 Å². The van der Waals surface area contributed by atoms with Gasteiger partial charge in [0.15, 0.2) is 0 Å². The van der Waals surface area contributed by atoms with E-state index < -0.39 is 10.1 Å². The predicted molar refractivity (Wildman–Crippen MR) is 96.3 cm³/mol. The molecule has 0 fully saturated rings. The highest BCUT2D eigenvalue weighted by atomic mass is 32.2. The molecule has 3 rings (SSSR count). The van der Waals surface area contributed by atoms with Crippen LogP contribution in [0.3, 0.4) is 0 Å². The molecule has 0 bridgehead atoms. The molecule has 3 aromatic rings. The third-order valence-corrected chi connectivity index (χ3v) is 4.66. The van der Waals surface area contributed by atoms with Crippen molar-refractivity contribution in [2.24, 2.45) is 0 Å². The largest absolute Gasteiger partial charge is 0.490 e. The molecule has 136 valence electrons. The van der Waals surface area contributed by atoms with E-state index in [1.807, 2.05) is 32.0 Å². The quantitative estimate of drug-likeness (QED) is 0.523. The van der Waals surface area contributed by atoms with E-state index in [4.69, 9.17) is 14.0 Å². The molecule has 1 heterocycles. The van der Waals surface area contributed by atoms with Gasteiger partial charge < -0.3 is 9.47 Å². The summed E-state index contributed by atoms with van der Waals surface area (Å²) in [5, 5.41) is 0. The van der Waals surface area contributed by atoms with Crippen LogP contribution in [0.2, 0.25) is 0 Å². The second-order valence-electron chi connectivity index (χ2n) is 5.69. The summed E-state index contributed by atoms with van der Waals surface area (Å²) in [4.78, 5) is 8.79. The summed E-state index contributed by atoms with van der Waals surface area (Å²) in [6.45, 7) is 4.42. The first-order valence-corrected chi connectivity index (χ1v) is 9.35. The van der Waals surface area contributed by atoms with Crippen molar-refractivity contribution < 1.29 is 22.4 Å². The molecule has 0 spiro atoms. The Balaban J connectivity index is 1.56. The number of hydrogen-bond acceptors (Lipinski definition) is 6. The summed E-state index contributed by atoms with van der Waals surface area (Å²) in [6.07, 6.45) is 0. The second-order valence-corrected chi connectivity index (χ2v) is 7.11. The van der Waals surface area contributed by atoms with Crippen molar-refractivity contribution in [3.8, 4) is 11.5 Å². The average Bonchev–Trinajstić information content (AvgIpc) is 2.59. The number of benzene rings is 2. The Bertz CT molecular complexity index is 1030. The van der Waals surface area contributed by atoms with Gasteiger partial charge >= 0.3 is 0 Å². The number of aromatic nitrogens is 2. The van der Waals surface area contributed by atoms with E-state index in [2.05, 4.69) is 9.97 Å². The number of ether oxygens (including phenoxy) is 2. The lowest BCUT2D eigenvalue weighted by atomic mass is 10.2. The summed E-state index contributed by atoms with van der Waals surface area (Å²) < 4.78 is 42.0. The van der Waals surface area contributed by atoms with Crippen molar-refractivity contribution in [1.29, 1.82) is 0 Å². The van der Waals surface area contributed by atoms with E-state index in [-0.39, 0.29) is 11.5 Å². The SMILES string of the molecule is Cc1nc2ccc(OCCOc3ccc(S(=O)(=O)O)cc3)cc2nc1C. The molecule has 0 aliphatic carbocycles. The third-order valence-electron chi connectivity index (χ3n) is 3.79. The Hall–Kier alpha value is -2.71. The van der Waals surface area contributed by atoms with Crippen LogP contribution in [0.4, 0.5) is 0 Å². The number of aryl methyl sites for hydroxylation is 2. The summed E-state index contributed by atoms with van der Waals surface area (Å²) >= 11 is 0. The van der Waals surface area contributed by atoms with Gasteiger partial charge in [-0.2, -0.15) is 8.42 Å². The highest BCUT2D eigenvalue weighted by Crippen LogP contribution is 2.20. The topological polar surface area (TPSA) is 98.6 Å². The van der Waals surface area contributed by atoms with E-state index in [9.17, 15) is 8.42 Å². The fourth-order valence-electron chi connectivity index (χ4n) is 2.33. The van der Waals surface area contributed by atoms with E-state index in [1.165, 1.54) is 24.3 Å². The zero-order chi connectivity index (χ0) is 18.7. The van der Waals surface area contributed by atoms with Gasteiger partial charge in [0.25, 0.3) is 10.1 Å². The Morgan fingerprint density at radius 2 is 1.38 bits per heavy atom. The zero-order valence-corrected chi connectivity index (χ0v) is 15.2. The molecule has 0 atom stereocenters. The predicted octanol–water partition coefficient (Wildman–Crippen LogP) is 2.95. The standard InChI is InChI=1S/C18H18N2O5S/c1-12-13(2)20-18-11-15(5-8-17(18)19-12)25-10-9-24-14-3-6-16(7-4-14)26(21,22)23/h3-8,11H,9-10H2,1-2H3,(H,21,22,23). The summed E-state index contributed by atoms with van der Waals surface area (Å²) in [7, 11) is -4.20. The van der Waals surface area contributed by atoms with Crippen LogP contribution >= 0.6 is 0 Å². The van der Waals surface area contributed by atoms with Gasteiger partial charge in [-0.25, -0.2) is 9.97 Å². The lowest BCUT2D eigenvalue weighted by Crippen LogP contribution is -2.09. The molecule has 0 saturated heterocycles. The van der Waals surface area contributed by atoms with Crippen LogP contribution in [0.1, 0.15) is 11.4 Å². The molecule has 26 heavy (non-hydrogen) atoms. The van der Waals surface area contributed by atoms with E-state index in [0.717, 1.165) is 22.4 Å². The Morgan fingerprint density at radius 3 is 2.00 bits per heavy atom. The van der Waals surface area contributed by atoms with Crippen LogP contribution in [-0.2, 0) is 10.1 Å². The van der Waals surface area contributed by atoms with Gasteiger partial charge in [0, 0.05) is 6.07 Å². The van der Waals surface area contributed by atoms with E-state index in [0.29, 0.717) is 18.1 Å². The van der Waals surface area contributed by atoms with Crippen molar-refractivity contribution in [3.63, 3.8) is 0 Å². The van der Waals surface area contributed by atoms with Gasteiger partial charge in [-0.05, 0) is 50.2 Å². The molecule has 0 unspecified atom stereocenters. The van der Waals surface area contributed by atoms with Gasteiger partial charge in [-0.1, -0.05) is 0 Å². The number of fused-ring (bicyclic) bond motifs is 1.